The first-order valence-corrected chi connectivity index (χ1v) is 14.5. The molecule has 0 bridgehead atoms. The van der Waals surface area contributed by atoms with E-state index in [1.807, 2.05) is 18.2 Å². The second-order valence-electron chi connectivity index (χ2n) is 12.0. The number of aliphatic hydroxyl groups is 1. The zero-order valence-corrected chi connectivity index (χ0v) is 24.7. The van der Waals surface area contributed by atoms with Crippen molar-refractivity contribution in [3.63, 3.8) is 0 Å². The van der Waals surface area contributed by atoms with E-state index in [-0.39, 0.29) is 24.2 Å². The number of hydrogen-bond donors (Lipinski definition) is 4. The second kappa shape index (κ2) is 11.3. The number of carbonyl (C=O) groups is 5. The van der Waals surface area contributed by atoms with Crippen molar-refractivity contribution in [2.75, 3.05) is 27.7 Å². The molecule has 2 fully saturated rings. The molecule has 3 aliphatic carbocycles. The topological polar surface area (TPSA) is 176 Å². The maximum absolute atomic E-state index is 14.1. The molecule has 6 atom stereocenters. The zero-order valence-electron chi connectivity index (χ0n) is 24.7. The molecule has 5 rings (SSSR count). The largest absolute Gasteiger partial charge is 0.507 e. The average Bonchev–Trinajstić information content (AvgIpc) is 2.95. The van der Waals surface area contributed by atoms with E-state index in [4.69, 9.17) is 10.5 Å². The Morgan fingerprint density at radius 2 is 1.84 bits per heavy atom. The summed E-state index contributed by atoms with van der Waals surface area (Å²) < 4.78 is 5.66. The van der Waals surface area contributed by atoms with Crippen LogP contribution in [-0.2, 0) is 32.1 Å². The van der Waals surface area contributed by atoms with Gasteiger partial charge < -0.3 is 26.0 Å². The standard InChI is InChI=1S/C32H37N3O8/c1-5-10-34-14-15-6-9-22(43-4)18(11-15)17-7-8-21(36)24-19(17)12-16-13-20-26(35(2)3)28(38)25(31(33)41)30(40)32(20,42)29(39)23(16)27(24)37/h6-9,11,16,20,23,25-26,34,36,42H,5,10,12-14H2,1-4H3,(H2,33,41)/t16-,20-,23?,25?,26?,32-/m0/s1. The number of nitrogens with zero attached hydrogens (tertiary/aromatic N) is 1. The number of phenolic OH excluding ortho intramolecular Hbond substituents is 1. The number of rotatable bonds is 8. The molecule has 2 aromatic carbocycles. The van der Waals surface area contributed by atoms with Gasteiger partial charge in [-0.15, -0.1) is 0 Å². The van der Waals surface area contributed by atoms with E-state index in [1.165, 1.54) is 11.0 Å². The molecule has 43 heavy (non-hydrogen) atoms. The van der Waals surface area contributed by atoms with Crippen molar-refractivity contribution < 1.29 is 38.9 Å². The van der Waals surface area contributed by atoms with Crippen molar-refractivity contribution in [3.05, 3.63) is 47.0 Å². The first-order chi connectivity index (χ1) is 20.4. The number of fused-ring (bicyclic) bond motifs is 3. The average molecular weight is 592 g/mol. The number of nitrogens with two attached hydrogens (primary N) is 1. The van der Waals surface area contributed by atoms with Gasteiger partial charge in [0.15, 0.2) is 34.7 Å². The number of primary amides is 1. The summed E-state index contributed by atoms with van der Waals surface area (Å²) in [4.78, 5) is 68.5. The Morgan fingerprint density at radius 1 is 1.12 bits per heavy atom. The van der Waals surface area contributed by atoms with Crippen LogP contribution in [0.1, 0.15) is 41.3 Å². The molecule has 3 unspecified atom stereocenters. The summed E-state index contributed by atoms with van der Waals surface area (Å²) in [5.41, 5.74) is 5.43. The van der Waals surface area contributed by atoms with E-state index in [0.717, 1.165) is 18.5 Å². The molecule has 2 aromatic rings. The normalized spacial score (nSPS) is 28.4. The van der Waals surface area contributed by atoms with Gasteiger partial charge in [-0.1, -0.05) is 19.1 Å². The number of benzene rings is 2. The monoisotopic (exact) mass is 591 g/mol. The smallest absolute Gasteiger partial charge is 0.235 e. The third kappa shape index (κ3) is 4.66. The third-order valence-corrected chi connectivity index (χ3v) is 9.25. The Balaban J connectivity index is 1.63. The lowest BCUT2D eigenvalue weighted by molar-refractivity contribution is -0.181. The highest BCUT2D eigenvalue weighted by Gasteiger charge is 2.69. The summed E-state index contributed by atoms with van der Waals surface area (Å²) in [6.07, 6.45) is 1.12. The van der Waals surface area contributed by atoms with Crippen LogP contribution >= 0.6 is 0 Å². The molecular weight excluding hydrogens is 554 g/mol. The van der Waals surface area contributed by atoms with Crippen LogP contribution in [0.25, 0.3) is 11.1 Å². The van der Waals surface area contributed by atoms with Gasteiger partial charge in [0.25, 0.3) is 0 Å². The molecule has 228 valence electrons. The number of phenols is 1. The predicted octanol–water partition coefficient (Wildman–Crippen LogP) is 1.04. The van der Waals surface area contributed by atoms with Gasteiger partial charge in [0.1, 0.15) is 11.5 Å². The fraction of sp³-hybridized carbons (Fsp3) is 0.469. The number of amides is 1. The van der Waals surface area contributed by atoms with E-state index in [1.54, 1.807) is 27.3 Å². The Bertz CT molecular complexity index is 1530. The van der Waals surface area contributed by atoms with Crippen LogP contribution in [0.5, 0.6) is 11.5 Å². The Labute approximate surface area is 249 Å². The van der Waals surface area contributed by atoms with Gasteiger partial charge in [0.2, 0.25) is 5.91 Å². The SMILES string of the molecule is CCCNCc1ccc(OC)c(-c2ccc(O)c3c2C[C@H]2C[C@H]4C(N(C)C)C(=O)C(C(N)=O)C(=O)[C@@]4(O)C(=O)C2C3=O)c1. The molecule has 2 saturated carbocycles. The number of carbonyl (C=O) groups excluding carboxylic acids is 5. The number of hydrogen-bond acceptors (Lipinski definition) is 10. The van der Waals surface area contributed by atoms with Gasteiger partial charge in [-0.25, -0.2) is 0 Å². The molecule has 0 heterocycles. The van der Waals surface area contributed by atoms with Crippen LogP contribution in [0.2, 0.25) is 0 Å². The molecule has 0 aromatic heterocycles. The maximum Gasteiger partial charge on any atom is 0.235 e. The second-order valence-corrected chi connectivity index (χ2v) is 12.0. The van der Waals surface area contributed by atoms with Crippen molar-refractivity contribution in [3.8, 4) is 22.6 Å². The first-order valence-electron chi connectivity index (χ1n) is 14.5. The Morgan fingerprint density at radius 3 is 2.47 bits per heavy atom. The predicted molar refractivity (Wildman–Crippen MR) is 155 cm³/mol. The summed E-state index contributed by atoms with van der Waals surface area (Å²) in [7, 11) is 4.65. The molecule has 1 amide bonds. The minimum atomic E-state index is -2.76. The highest BCUT2D eigenvalue weighted by atomic mass is 16.5. The molecule has 5 N–H and O–H groups in total. The minimum Gasteiger partial charge on any atom is -0.507 e. The Hall–Kier alpha value is -3.93. The Kier molecular flexibility index (Phi) is 8.02. The number of aromatic hydroxyl groups is 1. The van der Waals surface area contributed by atoms with Crippen LogP contribution in [0.15, 0.2) is 30.3 Å². The number of methoxy groups -OCH3 is 1. The molecule has 11 nitrogen and oxygen atoms in total. The first kappa shape index (κ1) is 30.5. The molecule has 0 radical (unpaired) electrons. The van der Waals surface area contributed by atoms with E-state index in [9.17, 15) is 34.2 Å². The molecule has 3 aliphatic rings. The third-order valence-electron chi connectivity index (χ3n) is 9.25. The van der Waals surface area contributed by atoms with Crippen molar-refractivity contribution in [2.24, 2.45) is 29.4 Å². The number of ether oxygens (including phenoxy) is 1. The van der Waals surface area contributed by atoms with Gasteiger partial charge in [0, 0.05) is 18.0 Å². The summed E-state index contributed by atoms with van der Waals surface area (Å²) in [6.45, 7) is 3.53. The molecule has 0 spiro atoms. The van der Waals surface area contributed by atoms with E-state index < -0.39 is 64.4 Å². The highest BCUT2D eigenvalue weighted by Crippen LogP contribution is 2.52. The lowest BCUT2D eigenvalue weighted by atomic mass is 9.52. The molecule has 11 heteroatoms. The maximum atomic E-state index is 14.1. The summed E-state index contributed by atoms with van der Waals surface area (Å²) in [6, 6.07) is 7.67. The minimum absolute atomic E-state index is 0.0168. The number of nitrogens with one attached hydrogen (secondary N) is 1. The van der Waals surface area contributed by atoms with Crippen molar-refractivity contribution in [1.29, 1.82) is 0 Å². The van der Waals surface area contributed by atoms with Crippen LogP contribution in [0, 0.1) is 23.7 Å². The van der Waals surface area contributed by atoms with Crippen molar-refractivity contribution >= 4 is 29.0 Å². The zero-order chi connectivity index (χ0) is 31.4. The van der Waals surface area contributed by atoms with E-state index in [0.29, 0.717) is 29.0 Å². The molecule has 0 aliphatic heterocycles. The molecule has 0 saturated heterocycles. The number of likely N-dealkylation sites (N-methyl/N-ethyl adjacent to an activating group) is 1. The van der Waals surface area contributed by atoms with Crippen LogP contribution in [0.3, 0.4) is 0 Å². The van der Waals surface area contributed by atoms with Crippen molar-refractivity contribution in [1.82, 2.24) is 10.2 Å². The fourth-order valence-electron chi connectivity index (χ4n) is 7.34. The van der Waals surface area contributed by atoms with Crippen LogP contribution < -0.4 is 15.8 Å². The summed E-state index contributed by atoms with van der Waals surface area (Å²) in [5, 5.41) is 26.0. The lowest BCUT2D eigenvalue weighted by Crippen LogP contribution is -2.74. The van der Waals surface area contributed by atoms with Gasteiger partial charge in [-0.05, 0) is 80.7 Å². The van der Waals surface area contributed by atoms with Gasteiger partial charge >= 0.3 is 0 Å². The van der Waals surface area contributed by atoms with Crippen LogP contribution in [0.4, 0.5) is 0 Å². The lowest BCUT2D eigenvalue weighted by Gasteiger charge is -2.52. The van der Waals surface area contributed by atoms with Gasteiger partial charge in [-0.2, -0.15) is 0 Å². The van der Waals surface area contributed by atoms with Crippen LogP contribution in [-0.4, -0.2) is 83.5 Å². The van der Waals surface area contributed by atoms with E-state index in [2.05, 4.69) is 12.2 Å². The quantitative estimate of drug-likeness (QED) is 0.256. The van der Waals surface area contributed by atoms with Gasteiger partial charge in [0.05, 0.1) is 24.6 Å². The van der Waals surface area contributed by atoms with Gasteiger partial charge in [-0.3, -0.25) is 28.9 Å². The summed E-state index contributed by atoms with van der Waals surface area (Å²) >= 11 is 0. The summed E-state index contributed by atoms with van der Waals surface area (Å²) in [5.74, 6) is -10.2. The highest BCUT2D eigenvalue weighted by molar-refractivity contribution is 6.32. The fourth-order valence-corrected chi connectivity index (χ4v) is 7.34. The molecular formula is C32H37N3O8. The number of ketones is 4. The van der Waals surface area contributed by atoms with E-state index >= 15 is 0 Å². The van der Waals surface area contributed by atoms with Crippen molar-refractivity contribution in [2.45, 2.75) is 44.4 Å². The number of Topliss-reactive ketones (excluding diaryl/α,β-unsaturated/α-hetero) is 4.